The number of hydrogen-bond acceptors (Lipinski definition) is 3. The average molecular weight is 905 g/mol. The van der Waals surface area contributed by atoms with Crippen molar-refractivity contribution >= 4 is 56.8 Å². The van der Waals surface area contributed by atoms with Crippen molar-refractivity contribution in [2.24, 2.45) is 0 Å². The van der Waals surface area contributed by atoms with E-state index in [9.17, 15) is 5.11 Å². The van der Waals surface area contributed by atoms with Gasteiger partial charge in [-0.25, -0.2) is 0 Å². The lowest BCUT2D eigenvalue weighted by atomic mass is 9.93. The van der Waals surface area contributed by atoms with Crippen LogP contribution in [-0.4, -0.2) is 5.11 Å². The van der Waals surface area contributed by atoms with Crippen LogP contribution in [0.2, 0.25) is 0 Å². The third-order valence-corrected chi connectivity index (χ3v) is 13.1. The van der Waals surface area contributed by atoms with Crippen LogP contribution < -0.4 is 9.80 Å². The molecule has 0 saturated heterocycles. The number of benzene rings is 10. The van der Waals surface area contributed by atoms with Crippen LogP contribution in [-0.2, 0) is 19.7 Å². The van der Waals surface area contributed by atoms with E-state index in [1.165, 1.54) is 22.3 Å². The smallest absolute Gasteiger partial charge is 0.0681 e. The first-order valence-corrected chi connectivity index (χ1v) is 24.1. The summed E-state index contributed by atoms with van der Waals surface area (Å²) < 4.78 is 0. The van der Waals surface area contributed by atoms with E-state index in [4.69, 9.17) is 0 Å². The van der Waals surface area contributed by atoms with Crippen molar-refractivity contribution in [3.05, 3.63) is 310 Å². The first-order chi connectivity index (χ1) is 34.5. The van der Waals surface area contributed by atoms with Crippen molar-refractivity contribution in [3.63, 3.8) is 0 Å². The summed E-state index contributed by atoms with van der Waals surface area (Å²) >= 11 is 0. The maximum Gasteiger partial charge on any atom is 0.0681 e. The second-order valence-corrected chi connectivity index (χ2v) is 18.0. The van der Waals surface area contributed by atoms with Crippen LogP contribution in [0, 0.1) is 13.8 Å². The molecule has 10 rings (SSSR count). The van der Waals surface area contributed by atoms with E-state index < -0.39 is 0 Å². The molecule has 0 spiro atoms. The minimum absolute atomic E-state index is 0.0290. The molecule has 0 saturated carbocycles. The van der Waals surface area contributed by atoms with Gasteiger partial charge in [0.05, 0.1) is 12.3 Å². The first-order valence-electron chi connectivity index (χ1n) is 24.1. The normalized spacial score (nSPS) is 11.0. The highest BCUT2D eigenvalue weighted by Gasteiger charge is 2.22. The number of fused-ring (bicyclic) bond motifs is 1. The Labute approximate surface area is 413 Å². The summed E-state index contributed by atoms with van der Waals surface area (Å²) in [5.41, 5.74) is 19.2. The van der Waals surface area contributed by atoms with Crippen LogP contribution >= 0.6 is 0 Å². The van der Waals surface area contributed by atoms with E-state index in [0.717, 1.165) is 83.6 Å². The van der Waals surface area contributed by atoms with Crippen LogP contribution in [0.5, 0.6) is 0 Å². The average Bonchev–Trinajstić information content (AvgIpc) is 3.42. The van der Waals surface area contributed by atoms with E-state index in [-0.39, 0.29) is 6.61 Å². The minimum Gasteiger partial charge on any atom is -0.392 e. The summed E-state index contributed by atoms with van der Waals surface area (Å²) in [6, 6.07) is 89.2. The van der Waals surface area contributed by atoms with Crippen LogP contribution in [0.25, 0.3) is 34.1 Å². The topological polar surface area (TPSA) is 26.7 Å². The Kier molecular flexibility index (Phi) is 13.7. The zero-order valence-corrected chi connectivity index (χ0v) is 39.8. The molecule has 0 atom stereocenters. The number of aliphatic hydroxyl groups is 1. The van der Waals surface area contributed by atoms with Crippen LogP contribution in [0.4, 0.5) is 22.7 Å². The number of anilines is 4. The number of rotatable bonds is 15. The lowest BCUT2D eigenvalue weighted by Gasteiger charge is -2.31. The molecule has 0 aromatic heterocycles. The zero-order chi connectivity index (χ0) is 47.7. The number of aliphatic hydroxyl groups excluding tert-OH is 1. The Morgan fingerprint density at radius 2 is 0.800 bits per heavy atom. The van der Waals surface area contributed by atoms with Gasteiger partial charge in [-0.1, -0.05) is 230 Å². The molecule has 0 radical (unpaired) electrons. The molecule has 70 heavy (non-hydrogen) atoms. The SMILES string of the molecule is Cc1ccc(C(=Cc2ccc(N(c3ccc(CO)cc3)c3ccc(C=C(c4ccccc4)c4ccccc4)c4ccccc34)cc2N(Cc2ccccc2)Cc2ccccc2)c2ccc(C)cc2)cc1. The molecule has 0 heterocycles. The molecule has 0 aliphatic heterocycles. The minimum atomic E-state index is -0.0290. The van der Waals surface area contributed by atoms with Gasteiger partial charge in [0.1, 0.15) is 0 Å². The quantitative estimate of drug-likeness (QED) is 0.104. The van der Waals surface area contributed by atoms with E-state index in [2.05, 4.69) is 272 Å². The zero-order valence-electron chi connectivity index (χ0n) is 39.8. The van der Waals surface area contributed by atoms with E-state index in [1.807, 2.05) is 12.1 Å². The fourth-order valence-electron chi connectivity index (χ4n) is 9.39. The summed E-state index contributed by atoms with van der Waals surface area (Å²) in [5, 5.41) is 12.5. The maximum absolute atomic E-state index is 10.2. The van der Waals surface area contributed by atoms with Crippen LogP contribution in [0.3, 0.4) is 0 Å². The molecule has 3 nitrogen and oxygen atoms in total. The predicted molar refractivity (Wildman–Crippen MR) is 297 cm³/mol. The highest BCUT2D eigenvalue weighted by molar-refractivity contribution is 6.06. The van der Waals surface area contributed by atoms with Gasteiger partial charge in [-0.05, 0) is 123 Å². The summed E-state index contributed by atoms with van der Waals surface area (Å²) in [6.07, 6.45) is 4.71. The molecule has 1 N–H and O–H groups in total. The molecular weight excluding hydrogens is 849 g/mol. The molecule has 10 aromatic carbocycles. The molecule has 0 amide bonds. The Balaban J connectivity index is 1.21. The van der Waals surface area contributed by atoms with Gasteiger partial charge in [0, 0.05) is 35.5 Å². The van der Waals surface area contributed by atoms with Crippen molar-refractivity contribution in [2.45, 2.75) is 33.5 Å². The molecule has 0 fully saturated rings. The van der Waals surface area contributed by atoms with Crippen LogP contribution in [0.1, 0.15) is 61.2 Å². The Morgan fingerprint density at radius 3 is 1.31 bits per heavy atom. The van der Waals surface area contributed by atoms with E-state index in [1.54, 1.807) is 0 Å². The monoisotopic (exact) mass is 904 g/mol. The fraction of sp³-hybridized carbons (Fsp3) is 0.0746. The van der Waals surface area contributed by atoms with Gasteiger partial charge in [-0.15, -0.1) is 0 Å². The van der Waals surface area contributed by atoms with Crippen molar-refractivity contribution in [1.29, 1.82) is 0 Å². The number of aryl methyl sites for hydroxylation is 2. The second-order valence-electron chi connectivity index (χ2n) is 18.0. The van der Waals surface area contributed by atoms with Crippen molar-refractivity contribution in [3.8, 4) is 0 Å². The Hall–Kier alpha value is -8.50. The second kappa shape index (κ2) is 21.2. The van der Waals surface area contributed by atoms with Crippen LogP contribution in [0.15, 0.2) is 249 Å². The van der Waals surface area contributed by atoms with Crippen molar-refractivity contribution < 1.29 is 5.11 Å². The molecule has 0 aliphatic carbocycles. The Bertz CT molecular complexity index is 3250. The number of hydrogen-bond donors (Lipinski definition) is 1. The molecule has 340 valence electrons. The summed E-state index contributed by atoms with van der Waals surface area (Å²) in [7, 11) is 0. The van der Waals surface area contributed by atoms with Crippen molar-refractivity contribution in [1.82, 2.24) is 0 Å². The Morgan fingerprint density at radius 1 is 0.371 bits per heavy atom. The third kappa shape index (κ3) is 10.3. The molecule has 10 aromatic rings. The van der Waals surface area contributed by atoms with E-state index >= 15 is 0 Å². The van der Waals surface area contributed by atoms with E-state index in [0.29, 0.717) is 13.1 Å². The molecule has 3 heteroatoms. The van der Waals surface area contributed by atoms with Gasteiger partial charge in [-0.2, -0.15) is 0 Å². The number of nitrogens with zero attached hydrogens (tertiary/aromatic N) is 2. The van der Waals surface area contributed by atoms with Crippen molar-refractivity contribution in [2.75, 3.05) is 9.80 Å². The van der Waals surface area contributed by atoms with Gasteiger partial charge in [0.15, 0.2) is 0 Å². The highest BCUT2D eigenvalue weighted by atomic mass is 16.3. The summed E-state index contributed by atoms with van der Waals surface area (Å²) in [6.45, 7) is 5.66. The molecule has 0 unspecified atom stereocenters. The summed E-state index contributed by atoms with van der Waals surface area (Å²) in [5.74, 6) is 0. The molecular formula is C67H56N2O. The standard InChI is InChI=1S/C67H56N2O/c1-49-27-33-56(34-28-49)65(57-35-29-50(2)30-36-57)44-59-37-41-61(45-67(59)68(46-51-17-7-3-8-18-51)47-52-19-9-4-10-20-52)69(60-39-31-53(48-70)32-40-60)66-42-38-58(62-25-15-16-26-63(62)66)43-64(54-21-11-5-12-22-54)55-23-13-6-14-24-55/h3-45,70H,46-48H2,1-2H3. The summed E-state index contributed by atoms with van der Waals surface area (Å²) in [4.78, 5) is 4.91. The molecule has 0 bridgehead atoms. The predicted octanol–water partition coefficient (Wildman–Crippen LogP) is 16.8. The van der Waals surface area contributed by atoms with Gasteiger partial charge in [0.2, 0.25) is 0 Å². The highest BCUT2D eigenvalue weighted by Crippen LogP contribution is 2.44. The lowest BCUT2D eigenvalue weighted by molar-refractivity contribution is 0.282. The third-order valence-electron chi connectivity index (χ3n) is 13.1. The molecule has 0 aliphatic rings. The van der Waals surface area contributed by atoms with Gasteiger partial charge in [-0.3, -0.25) is 0 Å². The largest absolute Gasteiger partial charge is 0.392 e. The maximum atomic E-state index is 10.2. The van der Waals surface area contributed by atoms with Gasteiger partial charge in [0.25, 0.3) is 0 Å². The fourth-order valence-corrected chi connectivity index (χ4v) is 9.39. The lowest BCUT2D eigenvalue weighted by Crippen LogP contribution is -2.23. The van der Waals surface area contributed by atoms with Gasteiger partial charge >= 0.3 is 0 Å². The first kappa shape index (κ1) is 45.3. The van der Waals surface area contributed by atoms with Gasteiger partial charge < -0.3 is 14.9 Å².